The lowest BCUT2D eigenvalue weighted by Crippen LogP contribution is -2.37. The zero-order valence-electron chi connectivity index (χ0n) is 12.2. The van der Waals surface area contributed by atoms with E-state index in [4.69, 9.17) is 0 Å². The summed E-state index contributed by atoms with van der Waals surface area (Å²) in [5.74, 6) is 0.0194. The van der Waals surface area contributed by atoms with Crippen LogP contribution in [0.3, 0.4) is 0 Å². The van der Waals surface area contributed by atoms with Crippen LogP contribution in [0.15, 0.2) is 0 Å². The van der Waals surface area contributed by atoms with Gasteiger partial charge in [-0.2, -0.15) is 5.10 Å². The van der Waals surface area contributed by atoms with Gasteiger partial charge in [-0.3, -0.25) is 9.48 Å². The summed E-state index contributed by atoms with van der Waals surface area (Å²) in [6.07, 6.45) is 0.463. The number of aryl methyl sites for hydroxylation is 2. The van der Waals surface area contributed by atoms with E-state index in [-0.39, 0.29) is 11.4 Å². The van der Waals surface area contributed by atoms with Gasteiger partial charge in [-0.15, -0.1) is 0 Å². The number of hydrogen-bond acceptors (Lipinski definition) is 3. The highest BCUT2D eigenvalue weighted by molar-refractivity contribution is 5.92. The van der Waals surface area contributed by atoms with E-state index in [0.717, 1.165) is 17.1 Å². The van der Waals surface area contributed by atoms with Crippen molar-refractivity contribution >= 4 is 11.6 Å². The Labute approximate surface area is 109 Å². The van der Waals surface area contributed by atoms with Crippen LogP contribution in [0.4, 0.5) is 5.69 Å². The molecule has 0 spiro atoms. The molecule has 1 aromatic rings. The maximum Gasteiger partial charge on any atom is 0.225 e. The van der Waals surface area contributed by atoms with E-state index in [1.165, 1.54) is 0 Å². The highest BCUT2D eigenvalue weighted by Crippen LogP contribution is 2.18. The minimum atomic E-state index is 0.0194. The molecule has 0 atom stereocenters. The second kappa shape index (κ2) is 5.52. The molecule has 0 aliphatic rings. The zero-order chi connectivity index (χ0) is 13.9. The number of amides is 1. The van der Waals surface area contributed by atoms with Crippen LogP contribution in [0.25, 0.3) is 0 Å². The number of carbonyl (C=O) groups is 1. The molecule has 0 saturated heterocycles. The lowest BCUT2D eigenvalue weighted by molar-refractivity contribution is -0.116. The van der Waals surface area contributed by atoms with Crippen molar-refractivity contribution in [2.45, 2.75) is 46.6 Å². The third-order valence-electron chi connectivity index (χ3n) is 2.78. The van der Waals surface area contributed by atoms with E-state index in [2.05, 4.69) is 36.5 Å². The molecule has 0 bridgehead atoms. The largest absolute Gasteiger partial charge is 0.323 e. The van der Waals surface area contributed by atoms with Gasteiger partial charge in [-0.05, 0) is 34.6 Å². The Hall–Kier alpha value is -1.36. The summed E-state index contributed by atoms with van der Waals surface area (Å²) in [6.45, 7) is 10.8. The second-order valence-corrected chi connectivity index (χ2v) is 5.64. The number of nitrogens with zero attached hydrogens (tertiary/aromatic N) is 2. The van der Waals surface area contributed by atoms with E-state index >= 15 is 0 Å². The van der Waals surface area contributed by atoms with Crippen molar-refractivity contribution < 1.29 is 4.79 Å². The molecular weight excluding hydrogens is 228 g/mol. The molecule has 1 rings (SSSR count). The molecule has 0 unspecified atom stereocenters. The predicted octanol–water partition coefficient (Wildman–Crippen LogP) is 1.75. The van der Waals surface area contributed by atoms with Crippen LogP contribution in [0, 0.1) is 13.8 Å². The molecule has 1 aromatic heterocycles. The number of carbonyl (C=O) groups excluding carboxylic acids is 1. The number of rotatable bonds is 4. The van der Waals surface area contributed by atoms with Gasteiger partial charge in [-0.1, -0.05) is 0 Å². The average molecular weight is 252 g/mol. The summed E-state index contributed by atoms with van der Waals surface area (Å²) in [6, 6.07) is 0. The smallest absolute Gasteiger partial charge is 0.225 e. The van der Waals surface area contributed by atoms with Crippen molar-refractivity contribution in [3.8, 4) is 0 Å². The molecule has 0 aromatic carbocycles. The molecule has 5 heteroatoms. The highest BCUT2D eigenvalue weighted by atomic mass is 16.1. The van der Waals surface area contributed by atoms with Crippen LogP contribution >= 0.6 is 0 Å². The van der Waals surface area contributed by atoms with Gasteiger partial charge >= 0.3 is 0 Å². The second-order valence-electron chi connectivity index (χ2n) is 5.64. The van der Waals surface area contributed by atoms with Crippen LogP contribution in [-0.4, -0.2) is 27.8 Å². The van der Waals surface area contributed by atoms with Crippen molar-refractivity contribution in [2.75, 3.05) is 11.9 Å². The van der Waals surface area contributed by atoms with Gasteiger partial charge in [0.1, 0.15) is 0 Å². The maximum absolute atomic E-state index is 11.8. The van der Waals surface area contributed by atoms with Gasteiger partial charge in [-0.25, -0.2) is 0 Å². The molecule has 0 saturated carbocycles. The number of hydrogen-bond donors (Lipinski definition) is 2. The fraction of sp³-hybridized carbons (Fsp3) is 0.692. The van der Waals surface area contributed by atoms with Gasteiger partial charge in [0, 0.05) is 25.6 Å². The first-order valence-electron chi connectivity index (χ1n) is 6.26. The Kier molecular flexibility index (Phi) is 4.51. The minimum absolute atomic E-state index is 0.0194. The van der Waals surface area contributed by atoms with Crippen LogP contribution < -0.4 is 10.6 Å². The fourth-order valence-electron chi connectivity index (χ4n) is 1.71. The number of aromatic nitrogens is 2. The highest BCUT2D eigenvalue weighted by Gasteiger charge is 2.13. The molecule has 18 heavy (non-hydrogen) atoms. The molecule has 0 radical (unpaired) electrons. The van der Waals surface area contributed by atoms with E-state index in [0.29, 0.717) is 13.0 Å². The van der Waals surface area contributed by atoms with Gasteiger partial charge < -0.3 is 10.6 Å². The lowest BCUT2D eigenvalue weighted by atomic mass is 10.1. The Bertz CT molecular complexity index is 429. The summed E-state index contributed by atoms with van der Waals surface area (Å²) in [5.41, 5.74) is 2.70. The number of nitrogens with one attached hydrogen (secondary N) is 2. The van der Waals surface area contributed by atoms with Crippen LogP contribution in [0.2, 0.25) is 0 Å². The predicted molar refractivity (Wildman–Crippen MR) is 73.7 cm³/mol. The molecule has 1 amide bonds. The summed E-state index contributed by atoms with van der Waals surface area (Å²) in [7, 11) is 1.87. The van der Waals surface area contributed by atoms with E-state index < -0.39 is 0 Å². The zero-order valence-corrected chi connectivity index (χ0v) is 12.2. The summed E-state index contributed by atoms with van der Waals surface area (Å²) in [5, 5.41) is 10.5. The first-order valence-corrected chi connectivity index (χ1v) is 6.26. The summed E-state index contributed by atoms with van der Waals surface area (Å²) < 4.78 is 1.78. The Balaban J connectivity index is 2.50. The van der Waals surface area contributed by atoms with Crippen LogP contribution in [0.1, 0.15) is 38.6 Å². The van der Waals surface area contributed by atoms with E-state index in [1.807, 2.05) is 20.9 Å². The van der Waals surface area contributed by atoms with Crippen molar-refractivity contribution in [2.24, 2.45) is 7.05 Å². The molecule has 5 nitrogen and oxygen atoms in total. The fourth-order valence-corrected chi connectivity index (χ4v) is 1.71. The quantitative estimate of drug-likeness (QED) is 0.858. The molecule has 2 N–H and O–H groups in total. The molecule has 1 heterocycles. The SMILES string of the molecule is Cc1nn(C)c(C)c1NC(=O)CCNC(C)(C)C. The van der Waals surface area contributed by atoms with Crippen LogP contribution in [-0.2, 0) is 11.8 Å². The van der Waals surface area contributed by atoms with E-state index in [1.54, 1.807) is 4.68 Å². The van der Waals surface area contributed by atoms with Crippen molar-refractivity contribution in [3.63, 3.8) is 0 Å². The average Bonchev–Trinajstić information content (AvgIpc) is 2.43. The Morgan fingerprint density at radius 3 is 2.39 bits per heavy atom. The first-order chi connectivity index (χ1) is 8.20. The maximum atomic E-state index is 11.8. The van der Waals surface area contributed by atoms with Gasteiger partial charge in [0.15, 0.2) is 0 Å². The molecule has 0 aliphatic carbocycles. The van der Waals surface area contributed by atoms with Gasteiger partial charge in [0.25, 0.3) is 0 Å². The third kappa shape index (κ3) is 4.14. The third-order valence-corrected chi connectivity index (χ3v) is 2.78. The molecule has 0 fully saturated rings. The normalized spacial score (nSPS) is 11.7. The van der Waals surface area contributed by atoms with Crippen LogP contribution in [0.5, 0.6) is 0 Å². The monoisotopic (exact) mass is 252 g/mol. The van der Waals surface area contributed by atoms with Gasteiger partial charge in [0.05, 0.1) is 17.1 Å². The van der Waals surface area contributed by atoms with Crippen molar-refractivity contribution in [1.82, 2.24) is 15.1 Å². The summed E-state index contributed by atoms with van der Waals surface area (Å²) >= 11 is 0. The minimum Gasteiger partial charge on any atom is -0.323 e. The van der Waals surface area contributed by atoms with Gasteiger partial charge in [0.2, 0.25) is 5.91 Å². The molecule has 102 valence electrons. The molecule has 0 aliphatic heterocycles. The topological polar surface area (TPSA) is 59.0 Å². The molecular formula is C13H24N4O. The Morgan fingerprint density at radius 1 is 1.33 bits per heavy atom. The first kappa shape index (κ1) is 14.7. The summed E-state index contributed by atoms with van der Waals surface area (Å²) in [4.78, 5) is 11.8. The number of anilines is 1. The Morgan fingerprint density at radius 2 is 1.94 bits per heavy atom. The lowest BCUT2D eigenvalue weighted by Gasteiger charge is -2.20. The van der Waals surface area contributed by atoms with E-state index in [9.17, 15) is 4.79 Å². The standard InChI is InChI=1S/C13H24N4O/c1-9-12(10(2)17(6)16-9)15-11(18)7-8-14-13(3,4)5/h14H,7-8H2,1-6H3,(H,15,18). The van der Waals surface area contributed by atoms with Crippen molar-refractivity contribution in [3.05, 3.63) is 11.4 Å². The van der Waals surface area contributed by atoms with Crippen molar-refractivity contribution in [1.29, 1.82) is 0 Å².